The summed E-state index contributed by atoms with van der Waals surface area (Å²) in [6, 6.07) is 9.55. The summed E-state index contributed by atoms with van der Waals surface area (Å²) in [4.78, 5) is 17.1. The molecule has 0 amide bonds. The number of rotatable bonds is 4. The zero-order valence-corrected chi connectivity index (χ0v) is 12.7. The van der Waals surface area contributed by atoms with Crippen LogP contribution in [0.15, 0.2) is 46.7 Å². The summed E-state index contributed by atoms with van der Waals surface area (Å²) in [5.41, 5.74) is 0.896. The van der Waals surface area contributed by atoms with Gasteiger partial charge in [0.2, 0.25) is 0 Å². The van der Waals surface area contributed by atoms with Gasteiger partial charge in [-0.2, -0.15) is 0 Å². The van der Waals surface area contributed by atoms with E-state index in [1.165, 1.54) is 11.8 Å². The molecule has 106 valence electrons. The van der Waals surface area contributed by atoms with Crippen LogP contribution in [0, 0.1) is 0 Å². The summed E-state index contributed by atoms with van der Waals surface area (Å²) in [5, 5.41) is 2.93. The standard InChI is InChI=1S/C14H11ClN4OS/c1-20-7-12-18-11(15)6-13(19-12)21-14-9-4-2-3-5-10(9)16-8-17-14/h2-6,8H,7H2,1H3. The fraction of sp³-hybridized carbons (Fsp3) is 0.143. The average Bonchev–Trinajstić information content (AvgIpc) is 2.47. The first kappa shape index (κ1) is 14.2. The molecule has 5 nitrogen and oxygen atoms in total. The zero-order valence-electron chi connectivity index (χ0n) is 11.2. The van der Waals surface area contributed by atoms with Crippen molar-refractivity contribution in [1.82, 2.24) is 19.9 Å². The van der Waals surface area contributed by atoms with Crippen LogP contribution >= 0.6 is 23.4 Å². The van der Waals surface area contributed by atoms with Crippen LogP contribution in [0.4, 0.5) is 0 Å². The van der Waals surface area contributed by atoms with Gasteiger partial charge in [-0.15, -0.1) is 0 Å². The lowest BCUT2D eigenvalue weighted by Crippen LogP contribution is -1.98. The Morgan fingerprint density at radius 2 is 2.05 bits per heavy atom. The van der Waals surface area contributed by atoms with Crippen molar-refractivity contribution in [3.8, 4) is 0 Å². The molecule has 0 aliphatic carbocycles. The van der Waals surface area contributed by atoms with Gasteiger partial charge in [-0.1, -0.05) is 29.8 Å². The van der Waals surface area contributed by atoms with Crippen molar-refractivity contribution in [3.63, 3.8) is 0 Å². The highest BCUT2D eigenvalue weighted by Gasteiger charge is 2.09. The van der Waals surface area contributed by atoms with Gasteiger partial charge in [-0.25, -0.2) is 19.9 Å². The first-order chi connectivity index (χ1) is 10.3. The molecule has 3 aromatic rings. The van der Waals surface area contributed by atoms with Crippen LogP contribution in [-0.4, -0.2) is 27.0 Å². The van der Waals surface area contributed by atoms with E-state index in [2.05, 4.69) is 19.9 Å². The molecule has 3 rings (SSSR count). The Morgan fingerprint density at radius 3 is 2.90 bits per heavy atom. The van der Waals surface area contributed by atoms with Gasteiger partial charge in [-0.3, -0.25) is 0 Å². The molecule has 2 aromatic heterocycles. The average molecular weight is 319 g/mol. The van der Waals surface area contributed by atoms with Crippen molar-refractivity contribution in [2.75, 3.05) is 7.11 Å². The zero-order chi connectivity index (χ0) is 14.7. The predicted octanol–water partition coefficient (Wildman–Crippen LogP) is 3.37. The molecule has 0 saturated heterocycles. The number of nitrogens with zero attached hydrogens (tertiary/aromatic N) is 4. The normalized spacial score (nSPS) is 11.0. The summed E-state index contributed by atoms with van der Waals surface area (Å²) >= 11 is 7.45. The van der Waals surface area contributed by atoms with E-state index < -0.39 is 0 Å². The van der Waals surface area contributed by atoms with E-state index in [0.717, 1.165) is 21.0 Å². The van der Waals surface area contributed by atoms with Gasteiger partial charge in [0.25, 0.3) is 0 Å². The Kier molecular flexibility index (Phi) is 4.28. The summed E-state index contributed by atoms with van der Waals surface area (Å²) in [6.07, 6.45) is 1.55. The maximum Gasteiger partial charge on any atom is 0.156 e. The molecule has 0 bridgehead atoms. The summed E-state index contributed by atoms with van der Waals surface area (Å²) in [6.45, 7) is 0.318. The summed E-state index contributed by atoms with van der Waals surface area (Å²) < 4.78 is 5.04. The van der Waals surface area contributed by atoms with E-state index in [1.807, 2.05) is 24.3 Å². The lowest BCUT2D eigenvalue weighted by Gasteiger charge is -2.06. The van der Waals surface area contributed by atoms with E-state index >= 15 is 0 Å². The Hall–Kier alpha value is -1.76. The SMILES string of the molecule is COCc1nc(Cl)cc(Sc2ncnc3ccccc23)n1. The van der Waals surface area contributed by atoms with Gasteiger partial charge >= 0.3 is 0 Å². The van der Waals surface area contributed by atoms with Gasteiger partial charge in [0, 0.05) is 18.6 Å². The molecule has 0 spiro atoms. The van der Waals surface area contributed by atoms with Crippen LogP contribution in [0.1, 0.15) is 5.82 Å². The molecular weight excluding hydrogens is 308 g/mol. The number of ether oxygens (including phenoxy) is 1. The van der Waals surface area contributed by atoms with Crippen molar-refractivity contribution in [2.24, 2.45) is 0 Å². The van der Waals surface area contributed by atoms with Crippen molar-refractivity contribution in [3.05, 3.63) is 47.6 Å². The van der Waals surface area contributed by atoms with Crippen molar-refractivity contribution < 1.29 is 4.74 Å². The van der Waals surface area contributed by atoms with E-state index in [1.54, 1.807) is 19.5 Å². The Morgan fingerprint density at radius 1 is 1.19 bits per heavy atom. The molecule has 0 N–H and O–H groups in total. The monoisotopic (exact) mass is 318 g/mol. The number of benzene rings is 1. The minimum atomic E-state index is 0.318. The largest absolute Gasteiger partial charge is 0.377 e. The number of methoxy groups -OCH3 is 1. The smallest absolute Gasteiger partial charge is 0.156 e. The molecule has 1 aromatic carbocycles. The highest BCUT2D eigenvalue weighted by atomic mass is 35.5. The number of aromatic nitrogens is 4. The molecule has 0 aliphatic heterocycles. The van der Waals surface area contributed by atoms with Crippen molar-refractivity contribution in [2.45, 2.75) is 16.7 Å². The van der Waals surface area contributed by atoms with Crippen LogP contribution in [0.25, 0.3) is 10.9 Å². The van der Waals surface area contributed by atoms with E-state index in [4.69, 9.17) is 16.3 Å². The lowest BCUT2D eigenvalue weighted by atomic mass is 10.2. The Labute approximate surface area is 130 Å². The number of hydrogen-bond acceptors (Lipinski definition) is 6. The molecule has 0 saturated carbocycles. The maximum absolute atomic E-state index is 6.02. The number of halogens is 1. The molecule has 0 radical (unpaired) electrons. The first-order valence-electron chi connectivity index (χ1n) is 6.16. The van der Waals surface area contributed by atoms with Gasteiger partial charge < -0.3 is 4.74 Å². The van der Waals surface area contributed by atoms with Crippen LogP contribution in [-0.2, 0) is 11.3 Å². The second-order valence-corrected chi connectivity index (χ2v) is 5.57. The van der Waals surface area contributed by atoms with Gasteiger partial charge in [-0.05, 0) is 17.8 Å². The highest BCUT2D eigenvalue weighted by molar-refractivity contribution is 7.99. The molecule has 0 unspecified atom stereocenters. The maximum atomic E-state index is 6.02. The third-order valence-electron chi connectivity index (χ3n) is 2.70. The molecule has 0 atom stereocenters. The number of fused-ring (bicyclic) bond motifs is 1. The van der Waals surface area contributed by atoms with Crippen LogP contribution < -0.4 is 0 Å². The molecule has 0 aliphatic rings. The van der Waals surface area contributed by atoms with E-state index in [0.29, 0.717) is 17.6 Å². The number of hydrogen-bond donors (Lipinski definition) is 0. The fourth-order valence-corrected chi connectivity index (χ4v) is 3.02. The van der Waals surface area contributed by atoms with Gasteiger partial charge in [0.15, 0.2) is 5.82 Å². The second kappa shape index (κ2) is 6.34. The summed E-state index contributed by atoms with van der Waals surface area (Å²) in [5.74, 6) is 0.547. The fourth-order valence-electron chi connectivity index (χ4n) is 1.85. The minimum absolute atomic E-state index is 0.318. The number of para-hydroxylation sites is 1. The quantitative estimate of drug-likeness (QED) is 0.687. The highest BCUT2D eigenvalue weighted by Crippen LogP contribution is 2.30. The minimum Gasteiger partial charge on any atom is -0.377 e. The first-order valence-corrected chi connectivity index (χ1v) is 7.35. The third-order valence-corrected chi connectivity index (χ3v) is 3.83. The molecular formula is C14H11ClN4OS. The van der Waals surface area contributed by atoms with Gasteiger partial charge in [0.05, 0.1) is 5.52 Å². The van der Waals surface area contributed by atoms with Crippen LogP contribution in [0.2, 0.25) is 5.15 Å². The third kappa shape index (κ3) is 3.29. The topological polar surface area (TPSA) is 60.8 Å². The summed E-state index contributed by atoms with van der Waals surface area (Å²) in [7, 11) is 1.59. The van der Waals surface area contributed by atoms with E-state index in [-0.39, 0.29) is 0 Å². The lowest BCUT2D eigenvalue weighted by molar-refractivity contribution is 0.177. The van der Waals surface area contributed by atoms with Crippen LogP contribution in [0.5, 0.6) is 0 Å². The molecule has 2 heterocycles. The van der Waals surface area contributed by atoms with Crippen molar-refractivity contribution in [1.29, 1.82) is 0 Å². The Bertz CT molecular complexity index is 779. The van der Waals surface area contributed by atoms with E-state index in [9.17, 15) is 0 Å². The molecule has 7 heteroatoms. The van der Waals surface area contributed by atoms with Crippen LogP contribution in [0.3, 0.4) is 0 Å². The molecule has 21 heavy (non-hydrogen) atoms. The molecule has 0 fully saturated rings. The Balaban J connectivity index is 1.98. The predicted molar refractivity (Wildman–Crippen MR) is 81.4 cm³/mol. The van der Waals surface area contributed by atoms with Crippen molar-refractivity contribution >= 4 is 34.3 Å². The second-order valence-electron chi connectivity index (χ2n) is 4.18. The van der Waals surface area contributed by atoms with Gasteiger partial charge in [0.1, 0.15) is 28.1 Å².